The molecule has 27 heavy (non-hydrogen) atoms. The summed E-state index contributed by atoms with van der Waals surface area (Å²) in [6.07, 6.45) is 5.71. The van der Waals surface area contributed by atoms with Gasteiger partial charge in [0.05, 0.1) is 12.6 Å². The van der Waals surface area contributed by atoms with Crippen LogP contribution >= 0.6 is 11.3 Å². The van der Waals surface area contributed by atoms with E-state index >= 15 is 0 Å². The SMILES string of the molecule is C[C@@H]1c2nc(C3CC3)nn2CCN1S(=O)(=O)c1ccc(-c2cccnc2)s1. The van der Waals surface area contributed by atoms with Crippen LogP contribution in [0.1, 0.15) is 43.4 Å². The van der Waals surface area contributed by atoms with Crippen molar-refractivity contribution in [2.45, 2.75) is 42.5 Å². The van der Waals surface area contributed by atoms with Gasteiger partial charge in [-0.3, -0.25) is 4.98 Å². The molecule has 0 bridgehead atoms. The summed E-state index contributed by atoms with van der Waals surface area (Å²) in [6, 6.07) is 6.98. The topological polar surface area (TPSA) is 81.0 Å². The second-order valence-corrected chi connectivity index (χ2v) is 10.2. The van der Waals surface area contributed by atoms with Crippen molar-refractivity contribution in [3.05, 3.63) is 48.3 Å². The molecule has 1 fully saturated rings. The molecule has 1 aliphatic heterocycles. The van der Waals surface area contributed by atoms with E-state index in [4.69, 9.17) is 0 Å². The number of fused-ring (bicyclic) bond motifs is 1. The zero-order valence-corrected chi connectivity index (χ0v) is 16.4. The van der Waals surface area contributed by atoms with Gasteiger partial charge in [0.25, 0.3) is 10.0 Å². The Kier molecular flexibility index (Phi) is 3.92. The Labute approximate surface area is 161 Å². The second kappa shape index (κ2) is 6.22. The zero-order chi connectivity index (χ0) is 18.6. The van der Waals surface area contributed by atoms with E-state index in [0.29, 0.717) is 23.2 Å². The van der Waals surface area contributed by atoms with Gasteiger partial charge in [-0.2, -0.15) is 9.40 Å². The summed E-state index contributed by atoms with van der Waals surface area (Å²) < 4.78 is 30.3. The van der Waals surface area contributed by atoms with Gasteiger partial charge in [-0.15, -0.1) is 11.3 Å². The van der Waals surface area contributed by atoms with Crippen LogP contribution in [0.25, 0.3) is 10.4 Å². The Hall–Kier alpha value is -2.10. The fourth-order valence-corrected chi connectivity index (χ4v) is 6.45. The Balaban J connectivity index is 1.46. The van der Waals surface area contributed by atoms with Gasteiger partial charge in [0, 0.05) is 35.3 Å². The van der Waals surface area contributed by atoms with Crippen LogP contribution in [0.15, 0.2) is 40.9 Å². The molecule has 0 amide bonds. The van der Waals surface area contributed by atoms with Crippen LogP contribution in [-0.2, 0) is 16.6 Å². The van der Waals surface area contributed by atoms with E-state index < -0.39 is 10.0 Å². The van der Waals surface area contributed by atoms with Gasteiger partial charge < -0.3 is 0 Å². The molecule has 0 radical (unpaired) electrons. The molecule has 1 aliphatic carbocycles. The molecule has 2 aliphatic rings. The molecule has 7 nitrogen and oxygen atoms in total. The normalized spacial score (nSPS) is 20.6. The average Bonchev–Trinajstić information content (AvgIpc) is 3.22. The molecule has 140 valence electrons. The van der Waals surface area contributed by atoms with Gasteiger partial charge in [-0.05, 0) is 38.0 Å². The largest absolute Gasteiger partial charge is 0.264 e. The van der Waals surface area contributed by atoms with Crippen molar-refractivity contribution >= 4 is 21.4 Å². The van der Waals surface area contributed by atoms with E-state index in [0.717, 1.165) is 34.9 Å². The van der Waals surface area contributed by atoms with Gasteiger partial charge in [0.15, 0.2) is 5.82 Å². The fraction of sp³-hybridized carbons (Fsp3) is 0.389. The number of thiophene rings is 1. The van der Waals surface area contributed by atoms with Crippen molar-refractivity contribution in [3.63, 3.8) is 0 Å². The highest BCUT2D eigenvalue weighted by Gasteiger charge is 2.38. The first-order valence-electron chi connectivity index (χ1n) is 9.01. The van der Waals surface area contributed by atoms with Gasteiger partial charge in [-0.25, -0.2) is 18.1 Å². The lowest BCUT2D eigenvalue weighted by Gasteiger charge is -2.31. The Morgan fingerprint density at radius 1 is 1.19 bits per heavy atom. The molecule has 1 atom stereocenters. The van der Waals surface area contributed by atoms with Gasteiger partial charge >= 0.3 is 0 Å². The average molecular weight is 402 g/mol. The predicted octanol–water partition coefficient (Wildman–Crippen LogP) is 3.04. The van der Waals surface area contributed by atoms with Gasteiger partial charge in [-0.1, -0.05) is 6.07 Å². The van der Waals surface area contributed by atoms with E-state index in [1.165, 1.54) is 11.3 Å². The quantitative estimate of drug-likeness (QED) is 0.671. The molecule has 3 aromatic heterocycles. The monoisotopic (exact) mass is 401 g/mol. The molecule has 4 heterocycles. The van der Waals surface area contributed by atoms with E-state index in [2.05, 4.69) is 15.1 Å². The standard InChI is InChI=1S/C18H19N5O2S2/c1-12-18-20-17(13-4-5-13)21-22(18)9-10-23(12)27(24,25)16-7-6-15(26-16)14-3-2-8-19-11-14/h2-3,6-8,11-13H,4-5,9-10H2,1H3/t12-/m1/s1. The highest BCUT2D eigenvalue weighted by molar-refractivity contribution is 7.91. The number of pyridine rings is 1. The number of rotatable bonds is 4. The van der Waals surface area contributed by atoms with E-state index in [9.17, 15) is 8.42 Å². The van der Waals surface area contributed by atoms with Crippen LogP contribution < -0.4 is 0 Å². The Morgan fingerprint density at radius 2 is 2.04 bits per heavy atom. The van der Waals surface area contributed by atoms with Crippen molar-refractivity contribution in [1.82, 2.24) is 24.1 Å². The molecule has 0 aromatic carbocycles. The molecule has 3 aromatic rings. The first-order valence-corrected chi connectivity index (χ1v) is 11.3. The van der Waals surface area contributed by atoms with Crippen LogP contribution in [0, 0.1) is 0 Å². The van der Waals surface area contributed by atoms with Crippen molar-refractivity contribution in [3.8, 4) is 10.4 Å². The minimum atomic E-state index is -3.59. The number of aromatic nitrogens is 4. The van der Waals surface area contributed by atoms with Crippen LogP contribution in [0.4, 0.5) is 0 Å². The number of sulfonamides is 1. The third-order valence-corrected chi connectivity index (χ3v) is 8.66. The second-order valence-electron chi connectivity index (χ2n) is 6.98. The van der Waals surface area contributed by atoms with Crippen LogP contribution in [-0.4, -0.2) is 39.0 Å². The fourth-order valence-electron chi connectivity index (χ4n) is 3.44. The summed E-state index contributed by atoms with van der Waals surface area (Å²) >= 11 is 1.28. The first kappa shape index (κ1) is 17.0. The lowest BCUT2D eigenvalue weighted by molar-refractivity contribution is 0.265. The minimum absolute atomic E-state index is 0.326. The summed E-state index contributed by atoms with van der Waals surface area (Å²) in [5, 5.41) is 4.58. The zero-order valence-electron chi connectivity index (χ0n) is 14.8. The molecule has 0 saturated heterocycles. The maximum Gasteiger partial charge on any atom is 0.253 e. The molecule has 9 heteroatoms. The molecule has 0 unspecified atom stereocenters. The smallest absolute Gasteiger partial charge is 0.253 e. The van der Waals surface area contributed by atoms with Crippen LogP contribution in [0.2, 0.25) is 0 Å². The summed E-state index contributed by atoms with van der Waals surface area (Å²) in [4.78, 5) is 9.65. The molecule has 1 saturated carbocycles. The van der Waals surface area contributed by atoms with Crippen molar-refractivity contribution < 1.29 is 8.42 Å². The summed E-state index contributed by atoms with van der Waals surface area (Å²) in [5.41, 5.74) is 0.921. The van der Waals surface area contributed by atoms with E-state index in [1.807, 2.05) is 29.8 Å². The summed E-state index contributed by atoms with van der Waals surface area (Å²) in [6.45, 7) is 2.84. The number of hydrogen-bond acceptors (Lipinski definition) is 6. The number of hydrogen-bond donors (Lipinski definition) is 0. The molecular weight excluding hydrogens is 382 g/mol. The van der Waals surface area contributed by atoms with Crippen molar-refractivity contribution in [2.24, 2.45) is 0 Å². The molecular formula is C18H19N5O2S2. The molecule has 5 rings (SSSR count). The van der Waals surface area contributed by atoms with Gasteiger partial charge in [0.1, 0.15) is 10.0 Å². The lowest BCUT2D eigenvalue weighted by atomic mass is 10.2. The van der Waals surface area contributed by atoms with E-state index in [-0.39, 0.29) is 6.04 Å². The Bertz CT molecular complexity index is 1090. The lowest BCUT2D eigenvalue weighted by Crippen LogP contribution is -2.41. The van der Waals surface area contributed by atoms with Crippen molar-refractivity contribution in [2.75, 3.05) is 6.54 Å². The third-order valence-electron chi connectivity index (χ3n) is 5.09. The number of nitrogens with zero attached hydrogens (tertiary/aromatic N) is 5. The minimum Gasteiger partial charge on any atom is -0.264 e. The van der Waals surface area contributed by atoms with E-state index in [1.54, 1.807) is 22.8 Å². The highest BCUT2D eigenvalue weighted by atomic mass is 32.2. The molecule has 0 N–H and O–H groups in total. The predicted molar refractivity (Wildman–Crippen MR) is 102 cm³/mol. The maximum absolute atomic E-state index is 13.3. The first-order chi connectivity index (χ1) is 13.0. The Morgan fingerprint density at radius 3 is 2.78 bits per heavy atom. The molecule has 0 spiro atoms. The third kappa shape index (κ3) is 2.90. The van der Waals surface area contributed by atoms with Crippen LogP contribution in [0.3, 0.4) is 0 Å². The van der Waals surface area contributed by atoms with Crippen LogP contribution in [0.5, 0.6) is 0 Å². The van der Waals surface area contributed by atoms with Crippen molar-refractivity contribution in [1.29, 1.82) is 0 Å². The highest BCUT2D eigenvalue weighted by Crippen LogP contribution is 2.40. The summed E-state index contributed by atoms with van der Waals surface area (Å²) in [5.74, 6) is 2.07. The maximum atomic E-state index is 13.3. The summed E-state index contributed by atoms with van der Waals surface area (Å²) in [7, 11) is -3.59. The van der Waals surface area contributed by atoms with Gasteiger partial charge in [0.2, 0.25) is 0 Å².